The third kappa shape index (κ3) is 7.15. The Labute approximate surface area is 188 Å². The lowest BCUT2D eigenvalue weighted by Crippen LogP contribution is -2.53. The van der Waals surface area contributed by atoms with Crippen LogP contribution in [0.2, 0.25) is 5.02 Å². The molecule has 166 valence electrons. The molecule has 1 aliphatic heterocycles. The van der Waals surface area contributed by atoms with E-state index >= 15 is 0 Å². The van der Waals surface area contributed by atoms with Gasteiger partial charge >= 0.3 is 6.03 Å². The van der Waals surface area contributed by atoms with Crippen LogP contribution < -0.4 is 15.4 Å². The van der Waals surface area contributed by atoms with Crippen LogP contribution in [0.15, 0.2) is 48.5 Å². The van der Waals surface area contributed by atoms with Crippen molar-refractivity contribution in [1.82, 2.24) is 15.1 Å². The molecule has 1 heterocycles. The molecule has 3 amide bonds. The first-order valence-corrected chi connectivity index (χ1v) is 10.9. The van der Waals surface area contributed by atoms with E-state index in [1.165, 1.54) is 0 Å². The molecule has 1 aliphatic rings. The Balaban J connectivity index is 1.34. The molecule has 3 rings (SSSR count). The number of para-hydroxylation sites is 1. The second kappa shape index (κ2) is 11.6. The summed E-state index contributed by atoms with van der Waals surface area (Å²) in [5.74, 6) is 0.646. The zero-order valence-corrected chi connectivity index (χ0v) is 18.5. The van der Waals surface area contributed by atoms with Gasteiger partial charge in [-0.15, -0.1) is 0 Å². The molecule has 0 atom stereocenters. The number of anilines is 1. The molecule has 0 unspecified atom stereocenters. The van der Waals surface area contributed by atoms with Crippen molar-refractivity contribution in [3.8, 4) is 5.75 Å². The van der Waals surface area contributed by atoms with Crippen LogP contribution >= 0.6 is 11.6 Å². The summed E-state index contributed by atoms with van der Waals surface area (Å²) in [4.78, 5) is 28.6. The van der Waals surface area contributed by atoms with Crippen LogP contribution in [0.5, 0.6) is 5.75 Å². The van der Waals surface area contributed by atoms with Gasteiger partial charge in [-0.3, -0.25) is 9.69 Å². The summed E-state index contributed by atoms with van der Waals surface area (Å²) in [5, 5.41) is 6.48. The highest BCUT2D eigenvalue weighted by Gasteiger charge is 2.22. The van der Waals surface area contributed by atoms with Crippen LogP contribution in [0.1, 0.15) is 12.5 Å². The smallest absolute Gasteiger partial charge is 0.317 e. The second-order valence-corrected chi connectivity index (χ2v) is 7.80. The number of urea groups is 1. The van der Waals surface area contributed by atoms with E-state index in [0.717, 1.165) is 17.7 Å². The van der Waals surface area contributed by atoms with Crippen LogP contribution in [0.4, 0.5) is 10.5 Å². The van der Waals surface area contributed by atoms with E-state index in [9.17, 15) is 9.59 Å². The first kappa shape index (κ1) is 22.9. The molecule has 2 aromatic carbocycles. The summed E-state index contributed by atoms with van der Waals surface area (Å²) in [5.41, 5.74) is 1.99. The lowest BCUT2D eigenvalue weighted by molar-refractivity contribution is -0.117. The number of hydrogen-bond acceptors (Lipinski definition) is 4. The van der Waals surface area contributed by atoms with E-state index in [-0.39, 0.29) is 11.9 Å². The molecule has 0 radical (unpaired) electrons. The fourth-order valence-corrected chi connectivity index (χ4v) is 3.63. The summed E-state index contributed by atoms with van der Waals surface area (Å²) in [6.07, 6.45) is 0.869. The minimum atomic E-state index is -0.115. The molecule has 0 aromatic heterocycles. The monoisotopic (exact) mass is 444 g/mol. The average Bonchev–Trinajstić information content (AvgIpc) is 2.77. The van der Waals surface area contributed by atoms with E-state index in [1.54, 1.807) is 17.0 Å². The number of ether oxygens (including phenoxy) is 1. The number of carbonyl (C=O) groups excluding carboxylic acids is 2. The Morgan fingerprint density at radius 3 is 2.58 bits per heavy atom. The van der Waals surface area contributed by atoms with Gasteiger partial charge in [0.15, 0.2) is 0 Å². The van der Waals surface area contributed by atoms with Gasteiger partial charge in [0.2, 0.25) is 5.91 Å². The van der Waals surface area contributed by atoms with Crippen molar-refractivity contribution < 1.29 is 14.3 Å². The molecule has 0 aliphatic carbocycles. The van der Waals surface area contributed by atoms with Crippen LogP contribution in [0.25, 0.3) is 0 Å². The molecule has 1 fully saturated rings. The van der Waals surface area contributed by atoms with Gasteiger partial charge in [-0.25, -0.2) is 4.79 Å². The third-order valence-electron chi connectivity index (χ3n) is 5.14. The predicted octanol–water partition coefficient (Wildman–Crippen LogP) is 3.25. The van der Waals surface area contributed by atoms with Crippen molar-refractivity contribution in [2.75, 3.05) is 51.2 Å². The first-order valence-electron chi connectivity index (χ1n) is 10.6. The lowest BCUT2D eigenvalue weighted by atomic mass is 10.1. The van der Waals surface area contributed by atoms with Crippen molar-refractivity contribution in [2.24, 2.45) is 0 Å². The number of amides is 3. The SMILES string of the molecule is CCc1ccccc1NC(=O)CN1CCN(C(=O)NCCOc2cccc(Cl)c2)CC1. The van der Waals surface area contributed by atoms with Crippen molar-refractivity contribution in [2.45, 2.75) is 13.3 Å². The Bertz CT molecular complexity index is 885. The van der Waals surface area contributed by atoms with Crippen LogP contribution in [0.3, 0.4) is 0 Å². The van der Waals surface area contributed by atoms with Gasteiger partial charge in [0.05, 0.1) is 13.1 Å². The van der Waals surface area contributed by atoms with E-state index in [1.807, 2.05) is 36.4 Å². The van der Waals surface area contributed by atoms with Crippen molar-refractivity contribution in [1.29, 1.82) is 0 Å². The number of nitrogens with zero attached hydrogens (tertiary/aromatic N) is 2. The van der Waals surface area contributed by atoms with Gasteiger partial charge in [-0.1, -0.05) is 42.8 Å². The lowest BCUT2D eigenvalue weighted by Gasteiger charge is -2.34. The average molecular weight is 445 g/mol. The fraction of sp³-hybridized carbons (Fsp3) is 0.391. The molecule has 2 N–H and O–H groups in total. The summed E-state index contributed by atoms with van der Waals surface area (Å²) in [7, 11) is 0. The molecule has 0 bridgehead atoms. The van der Waals surface area contributed by atoms with Gasteiger partial charge in [-0.2, -0.15) is 0 Å². The number of hydrogen-bond donors (Lipinski definition) is 2. The minimum absolute atomic E-state index is 0.0306. The highest BCUT2D eigenvalue weighted by Crippen LogP contribution is 2.17. The molecular weight excluding hydrogens is 416 g/mol. The molecule has 7 nitrogen and oxygen atoms in total. The van der Waals surface area contributed by atoms with E-state index in [4.69, 9.17) is 16.3 Å². The number of rotatable bonds is 8. The van der Waals surface area contributed by atoms with Crippen LogP contribution in [-0.4, -0.2) is 67.6 Å². The molecular formula is C23H29ClN4O3. The Kier molecular flexibility index (Phi) is 8.55. The highest BCUT2D eigenvalue weighted by atomic mass is 35.5. The summed E-state index contributed by atoms with van der Waals surface area (Å²) < 4.78 is 5.58. The van der Waals surface area contributed by atoms with Gasteiger partial charge in [0, 0.05) is 36.9 Å². The maximum absolute atomic E-state index is 12.4. The summed E-state index contributed by atoms with van der Waals surface area (Å²) >= 11 is 5.92. The van der Waals surface area contributed by atoms with Crippen LogP contribution in [0, 0.1) is 0 Å². The number of nitrogens with one attached hydrogen (secondary N) is 2. The maximum Gasteiger partial charge on any atom is 0.317 e. The number of aryl methyl sites for hydroxylation is 1. The maximum atomic E-state index is 12.4. The standard InChI is InChI=1S/C23H29ClN4O3/c1-2-18-6-3-4-9-21(18)26-22(29)17-27-11-13-28(14-12-27)23(30)25-10-15-31-20-8-5-7-19(24)16-20/h3-9,16H,2,10-15,17H2,1H3,(H,25,30)(H,26,29). The predicted molar refractivity (Wildman–Crippen MR) is 123 cm³/mol. The van der Waals surface area contributed by atoms with E-state index < -0.39 is 0 Å². The number of piperazine rings is 1. The molecule has 0 saturated carbocycles. The topological polar surface area (TPSA) is 73.9 Å². The van der Waals surface area contributed by atoms with Crippen molar-refractivity contribution in [3.63, 3.8) is 0 Å². The summed E-state index contributed by atoms with van der Waals surface area (Å²) in [6.45, 7) is 5.65. The van der Waals surface area contributed by atoms with Crippen LogP contribution in [-0.2, 0) is 11.2 Å². The number of halogens is 1. The first-order chi connectivity index (χ1) is 15.0. The zero-order valence-electron chi connectivity index (χ0n) is 17.8. The van der Waals surface area contributed by atoms with Crippen molar-refractivity contribution in [3.05, 3.63) is 59.1 Å². The Morgan fingerprint density at radius 2 is 1.84 bits per heavy atom. The molecule has 1 saturated heterocycles. The second-order valence-electron chi connectivity index (χ2n) is 7.36. The molecule has 2 aromatic rings. The van der Waals surface area contributed by atoms with E-state index in [2.05, 4.69) is 22.5 Å². The normalized spacial score (nSPS) is 14.2. The van der Waals surface area contributed by atoms with Gasteiger partial charge in [-0.05, 0) is 36.2 Å². The van der Waals surface area contributed by atoms with E-state index in [0.29, 0.717) is 56.6 Å². The largest absolute Gasteiger partial charge is 0.492 e. The van der Waals surface area contributed by atoms with Gasteiger partial charge in [0.1, 0.15) is 12.4 Å². The van der Waals surface area contributed by atoms with Gasteiger partial charge in [0.25, 0.3) is 0 Å². The zero-order chi connectivity index (χ0) is 22.1. The highest BCUT2D eigenvalue weighted by molar-refractivity contribution is 6.30. The number of carbonyl (C=O) groups is 2. The number of benzene rings is 2. The quantitative estimate of drug-likeness (QED) is 0.613. The Hall–Kier alpha value is -2.77. The molecule has 31 heavy (non-hydrogen) atoms. The van der Waals surface area contributed by atoms with Gasteiger partial charge < -0.3 is 20.3 Å². The minimum Gasteiger partial charge on any atom is -0.492 e. The fourth-order valence-electron chi connectivity index (χ4n) is 3.45. The Morgan fingerprint density at radius 1 is 1.06 bits per heavy atom. The third-order valence-corrected chi connectivity index (χ3v) is 5.38. The van der Waals surface area contributed by atoms with Crippen molar-refractivity contribution >= 4 is 29.2 Å². The molecule has 0 spiro atoms. The molecule has 8 heteroatoms. The summed E-state index contributed by atoms with van der Waals surface area (Å²) in [6, 6.07) is 14.9.